The molecule has 0 aliphatic heterocycles. The zero-order valence-corrected chi connectivity index (χ0v) is 14.0. The van der Waals surface area contributed by atoms with Crippen molar-refractivity contribution in [2.24, 2.45) is 0 Å². The molecule has 1 atom stereocenters. The van der Waals surface area contributed by atoms with Crippen molar-refractivity contribution in [3.05, 3.63) is 50.9 Å². The van der Waals surface area contributed by atoms with Crippen LogP contribution in [0.25, 0.3) is 0 Å². The van der Waals surface area contributed by atoms with Gasteiger partial charge in [-0.15, -0.1) is 0 Å². The summed E-state index contributed by atoms with van der Waals surface area (Å²) in [5.41, 5.74) is 1.97. The fourth-order valence-corrected chi connectivity index (χ4v) is 2.78. The fourth-order valence-electron chi connectivity index (χ4n) is 1.74. The monoisotopic (exact) mass is 337 g/mol. The predicted molar refractivity (Wildman–Crippen MR) is 89.7 cm³/mol. The Hall–Kier alpha value is -1.79. The highest BCUT2D eigenvalue weighted by atomic mass is 35.5. The number of hydrogen-bond donors (Lipinski definition) is 2. The Morgan fingerprint density at radius 1 is 1.36 bits per heavy atom. The molecule has 0 saturated carbocycles. The van der Waals surface area contributed by atoms with Crippen molar-refractivity contribution in [3.63, 3.8) is 0 Å². The molecule has 0 unspecified atom stereocenters. The number of carbonyl (C=O) groups is 1. The van der Waals surface area contributed by atoms with Crippen LogP contribution in [-0.2, 0) is 4.79 Å². The molecule has 2 aromatic rings. The Kier molecular flexibility index (Phi) is 5.26. The van der Waals surface area contributed by atoms with Gasteiger partial charge in [0, 0.05) is 22.5 Å². The maximum absolute atomic E-state index is 12.2. The lowest BCUT2D eigenvalue weighted by Gasteiger charge is -2.12. The first kappa shape index (κ1) is 16.6. The number of H-pyrrole nitrogens is 1. The lowest BCUT2D eigenvalue weighted by molar-refractivity contribution is -0.115. The number of aryl methyl sites for hydroxylation is 2. The molecule has 7 heteroatoms. The Morgan fingerprint density at radius 2 is 2.09 bits per heavy atom. The minimum absolute atomic E-state index is 0.186. The third kappa shape index (κ3) is 4.35. The fraction of sp³-hybridized carbons (Fsp3) is 0.267. The van der Waals surface area contributed by atoms with Gasteiger partial charge in [-0.25, -0.2) is 4.98 Å². The molecular formula is C15H16ClN3O2S. The van der Waals surface area contributed by atoms with Gasteiger partial charge in [-0.05, 0) is 38.5 Å². The number of halogens is 1. The van der Waals surface area contributed by atoms with Gasteiger partial charge in [0.25, 0.3) is 5.56 Å². The summed E-state index contributed by atoms with van der Waals surface area (Å²) in [6, 6.07) is 6.75. The minimum Gasteiger partial charge on any atom is -0.325 e. The summed E-state index contributed by atoms with van der Waals surface area (Å²) in [7, 11) is 0. The van der Waals surface area contributed by atoms with Crippen molar-refractivity contribution in [2.75, 3.05) is 5.32 Å². The summed E-state index contributed by atoms with van der Waals surface area (Å²) in [6.07, 6.45) is 0. The van der Waals surface area contributed by atoms with Crippen LogP contribution in [0.2, 0.25) is 5.02 Å². The zero-order chi connectivity index (χ0) is 16.3. The molecule has 1 aromatic carbocycles. The smallest absolute Gasteiger partial charge is 0.251 e. The second-order valence-electron chi connectivity index (χ2n) is 4.91. The molecule has 1 aromatic heterocycles. The standard InChI is InChI=1S/C15H16ClN3O2S/c1-8-4-5-11(7-12(8)16)18-14(21)10(3)22-15-17-9(2)6-13(20)19-15/h4-7,10H,1-3H3,(H,18,21)(H,17,19,20)/t10-/m0/s1. The number of nitrogens with zero attached hydrogens (tertiary/aromatic N) is 1. The molecular weight excluding hydrogens is 322 g/mol. The van der Waals surface area contributed by atoms with Crippen LogP contribution in [0, 0.1) is 13.8 Å². The van der Waals surface area contributed by atoms with Crippen molar-refractivity contribution in [3.8, 4) is 0 Å². The number of aromatic amines is 1. The van der Waals surface area contributed by atoms with Gasteiger partial charge in [0.2, 0.25) is 5.91 Å². The molecule has 0 bridgehead atoms. The molecule has 2 rings (SSSR count). The van der Waals surface area contributed by atoms with E-state index >= 15 is 0 Å². The molecule has 116 valence electrons. The van der Waals surface area contributed by atoms with E-state index in [0.29, 0.717) is 21.6 Å². The summed E-state index contributed by atoms with van der Waals surface area (Å²) in [5.74, 6) is -0.186. The highest BCUT2D eigenvalue weighted by molar-refractivity contribution is 8.00. The number of rotatable bonds is 4. The van der Waals surface area contributed by atoms with Crippen LogP contribution >= 0.6 is 23.4 Å². The molecule has 0 fully saturated rings. The molecule has 5 nitrogen and oxygen atoms in total. The summed E-state index contributed by atoms with van der Waals surface area (Å²) in [4.78, 5) is 30.4. The zero-order valence-electron chi connectivity index (χ0n) is 12.4. The maximum Gasteiger partial charge on any atom is 0.251 e. The van der Waals surface area contributed by atoms with Crippen LogP contribution in [0.1, 0.15) is 18.2 Å². The van der Waals surface area contributed by atoms with E-state index in [1.807, 2.05) is 13.0 Å². The first-order valence-corrected chi connectivity index (χ1v) is 7.92. The number of aromatic nitrogens is 2. The topological polar surface area (TPSA) is 74.8 Å². The normalized spacial score (nSPS) is 12.0. The molecule has 2 N–H and O–H groups in total. The van der Waals surface area contributed by atoms with Gasteiger partial charge in [0.05, 0.1) is 5.25 Å². The van der Waals surface area contributed by atoms with Crippen LogP contribution in [0.4, 0.5) is 5.69 Å². The maximum atomic E-state index is 12.2. The van der Waals surface area contributed by atoms with Gasteiger partial charge in [-0.1, -0.05) is 29.4 Å². The van der Waals surface area contributed by atoms with E-state index < -0.39 is 5.25 Å². The van der Waals surface area contributed by atoms with E-state index in [1.165, 1.54) is 17.8 Å². The Labute approximate surface area is 137 Å². The number of carbonyl (C=O) groups excluding carboxylic acids is 1. The Morgan fingerprint density at radius 3 is 2.73 bits per heavy atom. The summed E-state index contributed by atoms with van der Waals surface area (Å²) >= 11 is 7.23. The molecule has 0 radical (unpaired) electrons. The van der Waals surface area contributed by atoms with Crippen molar-refractivity contribution < 1.29 is 4.79 Å². The van der Waals surface area contributed by atoms with Gasteiger partial charge in [-0.3, -0.25) is 9.59 Å². The average Bonchev–Trinajstić information content (AvgIpc) is 2.41. The number of amides is 1. The summed E-state index contributed by atoms with van der Waals surface area (Å²) < 4.78 is 0. The quantitative estimate of drug-likeness (QED) is 0.664. The molecule has 0 spiro atoms. The first-order chi connectivity index (χ1) is 10.3. The van der Waals surface area contributed by atoms with Crippen LogP contribution in [0.15, 0.2) is 34.2 Å². The Balaban J connectivity index is 2.05. The van der Waals surface area contributed by atoms with Crippen molar-refractivity contribution in [2.45, 2.75) is 31.2 Å². The lowest BCUT2D eigenvalue weighted by atomic mass is 10.2. The summed E-state index contributed by atoms with van der Waals surface area (Å²) in [6.45, 7) is 5.38. The number of anilines is 1. The number of hydrogen-bond acceptors (Lipinski definition) is 4. The molecule has 0 saturated heterocycles. The van der Waals surface area contributed by atoms with Crippen LogP contribution in [-0.4, -0.2) is 21.1 Å². The third-order valence-electron chi connectivity index (χ3n) is 2.95. The molecule has 22 heavy (non-hydrogen) atoms. The van der Waals surface area contributed by atoms with E-state index in [9.17, 15) is 9.59 Å². The van der Waals surface area contributed by atoms with Crippen LogP contribution in [0.5, 0.6) is 0 Å². The van der Waals surface area contributed by atoms with Gasteiger partial charge in [0.15, 0.2) is 5.16 Å². The summed E-state index contributed by atoms with van der Waals surface area (Å²) in [5, 5.41) is 3.41. The van der Waals surface area contributed by atoms with Gasteiger partial charge >= 0.3 is 0 Å². The van der Waals surface area contributed by atoms with E-state index in [0.717, 1.165) is 5.56 Å². The highest BCUT2D eigenvalue weighted by Gasteiger charge is 2.16. The SMILES string of the molecule is Cc1cc(=O)[nH]c(S[C@@H](C)C(=O)Nc2ccc(C)c(Cl)c2)n1. The number of thioether (sulfide) groups is 1. The second-order valence-corrected chi connectivity index (χ2v) is 6.64. The van der Waals surface area contributed by atoms with Crippen LogP contribution in [0.3, 0.4) is 0 Å². The lowest BCUT2D eigenvalue weighted by Crippen LogP contribution is -2.23. The van der Waals surface area contributed by atoms with Gasteiger partial charge in [-0.2, -0.15) is 0 Å². The first-order valence-electron chi connectivity index (χ1n) is 6.67. The van der Waals surface area contributed by atoms with E-state index in [-0.39, 0.29) is 11.5 Å². The molecule has 1 heterocycles. The van der Waals surface area contributed by atoms with E-state index in [4.69, 9.17) is 11.6 Å². The molecule has 1 amide bonds. The van der Waals surface area contributed by atoms with E-state index in [1.54, 1.807) is 26.0 Å². The van der Waals surface area contributed by atoms with Gasteiger partial charge < -0.3 is 10.3 Å². The predicted octanol–water partition coefficient (Wildman–Crippen LogP) is 3.16. The van der Waals surface area contributed by atoms with Crippen molar-refractivity contribution in [1.29, 1.82) is 0 Å². The third-order valence-corrected chi connectivity index (χ3v) is 4.34. The van der Waals surface area contributed by atoms with Crippen LogP contribution < -0.4 is 10.9 Å². The molecule has 0 aliphatic carbocycles. The van der Waals surface area contributed by atoms with Gasteiger partial charge in [0.1, 0.15) is 0 Å². The number of nitrogens with one attached hydrogen (secondary N) is 2. The average molecular weight is 338 g/mol. The van der Waals surface area contributed by atoms with Crippen molar-refractivity contribution in [1.82, 2.24) is 9.97 Å². The Bertz CT molecular complexity index is 761. The second kappa shape index (κ2) is 6.98. The minimum atomic E-state index is -0.412. The van der Waals surface area contributed by atoms with E-state index in [2.05, 4.69) is 15.3 Å². The highest BCUT2D eigenvalue weighted by Crippen LogP contribution is 2.23. The number of benzene rings is 1. The van der Waals surface area contributed by atoms with Crippen molar-refractivity contribution >= 4 is 35.0 Å². The largest absolute Gasteiger partial charge is 0.325 e. The molecule has 0 aliphatic rings.